The number of benzene rings is 1. The molecule has 1 unspecified atom stereocenters. The molecular weight excluding hydrogens is 184 g/mol. The van der Waals surface area contributed by atoms with Crippen molar-refractivity contribution in [1.82, 2.24) is 0 Å². The first kappa shape index (κ1) is 10.5. The molecule has 1 atom stereocenters. The summed E-state index contributed by atoms with van der Waals surface area (Å²) in [6.45, 7) is 1.88. The summed E-state index contributed by atoms with van der Waals surface area (Å²) < 4.78 is 0. The van der Waals surface area contributed by atoms with Crippen molar-refractivity contribution < 1.29 is 10.0 Å². The predicted octanol–water partition coefficient (Wildman–Crippen LogP) is 1.71. The van der Waals surface area contributed by atoms with Gasteiger partial charge in [0, 0.05) is 17.7 Å². The average molecular weight is 196 g/mol. The van der Waals surface area contributed by atoms with Gasteiger partial charge in [-0.3, -0.25) is 10.1 Å². The number of nitrogens with zero attached hydrogens (tertiary/aromatic N) is 1. The van der Waals surface area contributed by atoms with Crippen molar-refractivity contribution >= 4 is 5.69 Å². The van der Waals surface area contributed by atoms with Crippen LogP contribution in [0.4, 0.5) is 5.69 Å². The van der Waals surface area contributed by atoms with Crippen molar-refractivity contribution in [2.45, 2.75) is 19.4 Å². The van der Waals surface area contributed by atoms with E-state index in [1.54, 1.807) is 0 Å². The van der Waals surface area contributed by atoms with Gasteiger partial charge in [-0.2, -0.15) is 0 Å². The molecule has 0 aliphatic heterocycles. The Balaban J connectivity index is 3.07. The van der Waals surface area contributed by atoms with Gasteiger partial charge in [-0.25, -0.2) is 0 Å². The Morgan fingerprint density at radius 1 is 1.64 bits per heavy atom. The Morgan fingerprint density at radius 3 is 2.71 bits per heavy atom. The fourth-order valence-corrected chi connectivity index (χ4v) is 1.18. The summed E-state index contributed by atoms with van der Waals surface area (Å²) in [5, 5.41) is 19.8. The molecule has 0 radical (unpaired) electrons. The highest BCUT2D eigenvalue weighted by Gasteiger charge is 2.13. The molecule has 1 aromatic carbocycles. The molecule has 0 aliphatic carbocycles. The van der Waals surface area contributed by atoms with E-state index in [4.69, 9.17) is 5.73 Å². The Bertz CT molecular complexity index is 352. The molecule has 0 aromatic heterocycles. The van der Waals surface area contributed by atoms with E-state index in [2.05, 4.69) is 0 Å². The SMILES string of the molecule is CCC(N)c1ccc([N+](=O)[O-])cc1O. The topological polar surface area (TPSA) is 89.4 Å². The lowest BCUT2D eigenvalue weighted by atomic mass is 10.0. The molecular formula is C9H12N2O3. The second kappa shape index (κ2) is 4.06. The van der Waals surface area contributed by atoms with Crippen LogP contribution in [0.25, 0.3) is 0 Å². The van der Waals surface area contributed by atoms with Gasteiger partial charge in [0.1, 0.15) is 5.75 Å². The van der Waals surface area contributed by atoms with E-state index < -0.39 is 4.92 Å². The fourth-order valence-electron chi connectivity index (χ4n) is 1.18. The molecule has 0 saturated carbocycles. The number of aromatic hydroxyl groups is 1. The highest BCUT2D eigenvalue weighted by atomic mass is 16.6. The van der Waals surface area contributed by atoms with Crippen LogP contribution in [0.1, 0.15) is 24.9 Å². The van der Waals surface area contributed by atoms with Crippen LogP contribution in [0.5, 0.6) is 5.75 Å². The highest BCUT2D eigenvalue weighted by Crippen LogP contribution is 2.28. The van der Waals surface area contributed by atoms with Crippen LogP contribution >= 0.6 is 0 Å². The molecule has 0 amide bonds. The molecule has 5 nitrogen and oxygen atoms in total. The van der Waals surface area contributed by atoms with E-state index in [1.807, 2.05) is 6.92 Å². The number of hydrogen-bond acceptors (Lipinski definition) is 4. The highest BCUT2D eigenvalue weighted by molar-refractivity contribution is 5.44. The fraction of sp³-hybridized carbons (Fsp3) is 0.333. The molecule has 76 valence electrons. The third-order valence-corrected chi connectivity index (χ3v) is 2.06. The van der Waals surface area contributed by atoms with Gasteiger partial charge in [-0.1, -0.05) is 6.92 Å². The van der Waals surface area contributed by atoms with Crippen LogP contribution in [0.2, 0.25) is 0 Å². The normalized spacial score (nSPS) is 12.4. The van der Waals surface area contributed by atoms with Gasteiger partial charge in [-0.05, 0) is 12.5 Å². The average Bonchev–Trinajstić information content (AvgIpc) is 2.16. The number of non-ortho nitro benzene ring substituents is 1. The number of nitro groups is 1. The zero-order chi connectivity index (χ0) is 10.7. The van der Waals surface area contributed by atoms with Crippen molar-refractivity contribution in [3.8, 4) is 5.75 Å². The Labute approximate surface area is 81.3 Å². The minimum absolute atomic E-state index is 0.117. The Hall–Kier alpha value is -1.62. The van der Waals surface area contributed by atoms with Crippen LogP contribution in [0, 0.1) is 10.1 Å². The van der Waals surface area contributed by atoms with E-state index in [0.29, 0.717) is 12.0 Å². The minimum Gasteiger partial charge on any atom is -0.507 e. The van der Waals surface area contributed by atoms with Crippen molar-refractivity contribution in [1.29, 1.82) is 0 Å². The van der Waals surface area contributed by atoms with Crippen LogP contribution < -0.4 is 5.73 Å². The maximum Gasteiger partial charge on any atom is 0.273 e. The minimum atomic E-state index is -0.555. The standard InChI is InChI=1S/C9H12N2O3/c1-2-8(10)7-4-3-6(11(13)14)5-9(7)12/h3-5,8,12H,2,10H2,1H3. The third kappa shape index (κ3) is 2.00. The van der Waals surface area contributed by atoms with Gasteiger partial charge in [0.2, 0.25) is 0 Å². The molecule has 1 aromatic rings. The molecule has 0 spiro atoms. The van der Waals surface area contributed by atoms with Crippen molar-refractivity contribution in [2.24, 2.45) is 5.73 Å². The van der Waals surface area contributed by atoms with Gasteiger partial charge in [0.15, 0.2) is 0 Å². The van der Waals surface area contributed by atoms with E-state index in [-0.39, 0.29) is 17.5 Å². The first-order valence-electron chi connectivity index (χ1n) is 4.29. The third-order valence-electron chi connectivity index (χ3n) is 2.06. The number of hydrogen-bond donors (Lipinski definition) is 2. The first-order chi connectivity index (χ1) is 6.56. The van der Waals surface area contributed by atoms with Gasteiger partial charge in [0.05, 0.1) is 11.0 Å². The summed E-state index contributed by atoms with van der Waals surface area (Å²) in [7, 11) is 0. The van der Waals surface area contributed by atoms with E-state index in [0.717, 1.165) is 6.07 Å². The molecule has 0 heterocycles. The van der Waals surface area contributed by atoms with Gasteiger partial charge < -0.3 is 10.8 Å². The zero-order valence-electron chi connectivity index (χ0n) is 7.80. The summed E-state index contributed by atoms with van der Waals surface area (Å²) in [5.74, 6) is -0.117. The Morgan fingerprint density at radius 2 is 2.29 bits per heavy atom. The van der Waals surface area contributed by atoms with Crippen molar-refractivity contribution in [3.05, 3.63) is 33.9 Å². The van der Waals surface area contributed by atoms with Crippen LogP contribution in [-0.4, -0.2) is 10.0 Å². The summed E-state index contributed by atoms with van der Waals surface area (Å²) in [6, 6.07) is 3.66. The number of rotatable bonds is 3. The largest absolute Gasteiger partial charge is 0.507 e. The van der Waals surface area contributed by atoms with E-state index >= 15 is 0 Å². The second-order valence-corrected chi connectivity index (χ2v) is 3.01. The number of phenols is 1. The number of nitro benzene ring substituents is 1. The lowest BCUT2D eigenvalue weighted by Crippen LogP contribution is -2.08. The predicted molar refractivity (Wildman–Crippen MR) is 52.0 cm³/mol. The molecule has 0 bridgehead atoms. The quantitative estimate of drug-likeness (QED) is 0.568. The van der Waals surface area contributed by atoms with E-state index in [9.17, 15) is 15.2 Å². The summed E-state index contributed by atoms with van der Waals surface area (Å²) in [6.07, 6.45) is 0.672. The number of nitrogens with two attached hydrogens (primary N) is 1. The molecule has 0 aliphatic rings. The smallest absolute Gasteiger partial charge is 0.273 e. The first-order valence-corrected chi connectivity index (χ1v) is 4.29. The van der Waals surface area contributed by atoms with Crippen LogP contribution in [-0.2, 0) is 0 Å². The Kier molecular flexibility index (Phi) is 3.03. The molecule has 0 fully saturated rings. The summed E-state index contributed by atoms with van der Waals surface area (Å²) in [4.78, 5) is 9.81. The van der Waals surface area contributed by atoms with Gasteiger partial charge in [-0.15, -0.1) is 0 Å². The monoisotopic (exact) mass is 196 g/mol. The van der Waals surface area contributed by atoms with Gasteiger partial charge >= 0.3 is 0 Å². The van der Waals surface area contributed by atoms with Crippen molar-refractivity contribution in [3.63, 3.8) is 0 Å². The molecule has 5 heteroatoms. The van der Waals surface area contributed by atoms with Crippen LogP contribution in [0.3, 0.4) is 0 Å². The number of phenolic OH excluding ortho intramolecular Hbond substituents is 1. The maximum atomic E-state index is 10.4. The van der Waals surface area contributed by atoms with Gasteiger partial charge in [0.25, 0.3) is 5.69 Å². The molecule has 0 saturated heterocycles. The lowest BCUT2D eigenvalue weighted by Gasteiger charge is -2.10. The zero-order valence-corrected chi connectivity index (χ0v) is 7.80. The maximum absolute atomic E-state index is 10.4. The second-order valence-electron chi connectivity index (χ2n) is 3.01. The van der Waals surface area contributed by atoms with Crippen LogP contribution in [0.15, 0.2) is 18.2 Å². The summed E-state index contributed by atoms with van der Waals surface area (Å²) in [5.41, 5.74) is 6.10. The molecule has 14 heavy (non-hydrogen) atoms. The molecule has 1 rings (SSSR count). The lowest BCUT2D eigenvalue weighted by molar-refractivity contribution is -0.384. The van der Waals surface area contributed by atoms with Crippen molar-refractivity contribution in [2.75, 3.05) is 0 Å². The molecule has 3 N–H and O–H groups in total. The summed E-state index contributed by atoms with van der Waals surface area (Å²) >= 11 is 0. The van der Waals surface area contributed by atoms with E-state index in [1.165, 1.54) is 12.1 Å².